The van der Waals surface area contributed by atoms with Crippen molar-refractivity contribution in [1.82, 2.24) is 14.5 Å². The number of hydrogen-bond acceptors (Lipinski definition) is 7. The average molecular weight is 572 g/mol. The molecule has 0 radical (unpaired) electrons. The van der Waals surface area contributed by atoms with Gasteiger partial charge in [-0.1, -0.05) is 0 Å². The molecule has 1 aliphatic carbocycles. The third kappa shape index (κ3) is 4.21. The normalized spacial score (nSPS) is 17.5. The van der Waals surface area contributed by atoms with Crippen molar-refractivity contribution in [3.05, 3.63) is 71.5 Å². The van der Waals surface area contributed by atoms with E-state index in [0.717, 1.165) is 21.8 Å². The number of carbonyl (C=O) groups excluding carboxylic acids is 2. The van der Waals surface area contributed by atoms with Crippen LogP contribution in [0.4, 0.5) is 26.0 Å². The Morgan fingerprint density at radius 1 is 1.14 bits per heavy atom. The van der Waals surface area contributed by atoms with Gasteiger partial charge >= 0.3 is 0 Å². The SMILES string of the molecule is Cc1cc(F)c(N(C(=O)C2(C(N)=O)CC2)c2ccc(F)cc2)cc1-c1cc2cnc(=NC3COC3)nc-2n2c1NCC2. The summed E-state index contributed by atoms with van der Waals surface area (Å²) in [7, 11) is 0. The molecule has 2 fully saturated rings. The third-order valence-electron chi connectivity index (χ3n) is 8.15. The summed E-state index contributed by atoms with van der Waals surface area (Å²) in [5.41, 5.74) is 7.57. The van der Waals surface area contributed by atoms with Crippen LogP contribution in [0.15, 0.2) is 53.7 Å². The van der Waals surface area contributed by atoms with E-state index in [9.17, 15) is 14.0 Å². The molecule has 214 valence electrons. The van der Waals surface area contributed by atoms with Gasteiger partial charge in [-0.2, -0.15) is 4.98 Å². The number of rotatable bonds is 6. The van der Waals surface area contributed by atoms with Gasteiger partial charge in [0.2, 0.25) is 17.4 Å². The Kier molecular flexibility index (Phi) is 6.05. The number of ether oxygens (including phenoxy) is 1. The number of hydrogen-bond donors (Lipinski definition) is 2. The van der Waals surface area contributed by atoms with E-state index in [-0.39, 0.29) is 30.3 Å². The van der Waals surface area contributed by atoms with Crippen molar-refractivity contribution < 1.29 is 23.1 Å². The number of pyridine rings is 1. The maximum atomic E-state index is 15.8. The fourth-order valence-corrected chi connectivity index (χ4v) is 5.57. The molecule has 0 aromatic heterocycles. The first-order chi connectivity index (χ1) is 20.2. The van der Waals surface area contributed by atoms with Crippen LogP contribution in [0, 0.1) is 24.0 Å². The quantitative estimate of drug-likeness (QED) is 0.342. The predicted octanol–water partition coefficient (Wildman–Crippen LogP) is 3.29. The van der Waals surface area contributed by atoms with Gasteiger partial charge in [-0.25, -0.2) is 18.8 Å². The fraction of sp³-hybridized carbons (Fsp3) is 0.300. The lowest BCUT2D eigenvalue weighted by molar-refractivity contribution is -0.133. The topological polar surface area (TPSA) is 128 Å². The highest BCUT2D eigenvalue weighted by Crippen LogP contribution is 2.50. The average Bonchev–Trinajstić information content (AvgIpc) is 3.62. The molecule has 0 atom stereocenters. The largest absolute Gasteiger partial charge is 0.377 e. The zero-order valence-electron chi connectivity index (χ0n) is 22.7. The molecule has 0 unspecified atom stereocenters. The van der Waals surface area contributed by atoms with Crippen LogP contribution >= 0.6 is 0 Å². The predicted molar refractivity (Wildman–Crippen MR) is 150 cm³/mol. The van der Waals surface area contributed by atoms with Gasteiger partial charge in [-0.05, 0) is 73.4 Å². The van der Waals surface area contributed by atoms with E-state index in [1.807, 2.05) is 10.6 Å². The summed E-state index contributed by atoms with van der Waals surface area (Å²) < 4.78 is 36.9. The smallest absolute Gasteiger partial charge is 0.247 e. The summed E-state index contributed by atoms with van der Waals surface area (Å²) in [6, 6.07) is 10.0. The molecule has 3 N–H and O–H groups in total. The minimum absolute atomic E-state index is 0.0503. The molecule has 2 amide bonds. The van der Waals surface area contributed by atoms with Crippen LogP contribution in [-0.4, -0.2) is 52.1 Å². The van der Waals surface area contributed by atoms with Gasteiger partial charge in [0.25, 0.3) is 0 Å². The zero-order chi connectivity index (χ0) is 29.2. The van der Waals surface area contributed by atoms with Gasteiger partial charge < -0.3 is 20.4 Å². The van der Waals surface area contributed by atoms with Crippen LogP contribution < -0.4 is 21.6 Å². The van der Waals surface area contributed by atoms with Crippen molar-refractivity contribution in [2.45, 2.75) is 32.4 Å². The van der Waals surface area contributed by atoms with Gasteiger partial charge in [-0.3, -0.25) is 14.5 Å². The number of nitrogens with one attached hydrogen (secondary N) is 1. The Morgan fingerprint density at radius 2 is 1.90 bits per heavy atom. The Balaban J connectivity index is 1.39. The maximum absolute atomic E-state index is 15.8. The molecular formula is C30H27F2N7O3. The zero-order valence-corrected chi connectivity index (χ0v) is 22.7. The first-order valence-corrected chi connectivity index (χ1v) is 13.7. The van der Waals surface area contributed by atoms with Crippen LogP contribution in [0.2, 0.25) is 0 Å². The standard InChI is InChI=1S/C30H27F2N7O3/c1-16-10-23(32)24(39(20-4-2-18(31)3-5-20)28(41)30(6-7-30)27(33)40)12-21(16)22-11-17-13-35-29(36-19-14-42-15-19)37-25(17)38-9-8-34-26(22)38/h2-5,10-13,19,34H,6-9,14-15H2,1H3,(H2,33,40). The van der Waals surface area contributed by atoms with Crippen LogP contribution in [0.1, 0.15) is 18.4 Å². The summed E-state index contributed by atoms with van der Waals surface area (Å²) >= 11 is 0. The number of primary amides is 1. The molecule has 7 rings (SSSR count). The molecule has 10 nitrogen and oxygen atoms in total. The van der Waals surface area contributed by atoms with Crippen molar-refractivity contribution in [3.63, 3.8) is 0 Å². The summed E-state index contributed by atoms with van der Waals surface area (Å²) in [4.78, 5) is 41.0. The fourth-order valence-electron chi connectivity index (χ4n) is 5.57. The molecule has 0 spiro atoms. The van der Waals surface area contributed by atoms with Gasteiger partial charge in [0, 0.05) is 36.1 Å². The van der Waals surface area contributed by atoms with E-state index >= 15 is 4.39 Å². The van der Waals surface area contributed by atoms with Gasteiger partial charge in [0.15, 0.2) is 0 Å². The molecule has 2 aromatic carbocycles. The second-order valence-electron chi connectivity index (χ2n) is 10.9. The van der Waals surface area contributed by atoms with E-state index in [2.05, 4.69) is 15.3 Å². The minimum atomic E-state index is -1.43. The van der Waals surface area contributed by atoms with Crippen molar-refractivity contribution in [1.29, 1.82) is 0 Å². The Labute approximate surface area is 239 Å². The second-order valence-corrected chi connectivity index (χ2v) is 10.9. The van der Waals surface area contributed by atoms with E-state index < -0.39 is 28.9 Å². The van der Waals surface area contributed by atoms with E-state index in [4.69, 9.17) is 15.5 Å². The highest BCUT2D eigenvalue weighted by Gasteiger charge is 2.57. The molecule has 42 heavy (non-hydrogen) atoms. The number of carbonyl (C=O) groups is 2. The summed E-state index contributed by atoms with van der Waals surface area (Å²) in [5, 5.41) is 3.42. The first kappa shape index (κ1) is 26.2. The maximum Gasteiger partial charge on any atom is 0.247 e. The van der Waals surface area contributed by atoms with Crippen LogP contribution in [0.3, 0.4) is 0 Å². The number of amides is 2. The molecular weight excluding hydrogens is 544 g/mol. The number of benzene rings is 2. The van der Waals surface area contributed by atoms with Crippen molar-refractivity contribution in [2.75, 3.05) is 30.0 Å². The second kappa shape index (κ2) is 9.69. The number of aryl methyl sites for hydroxylation is 1. The van der Waals surface area contributed by atoms with Crippen LogP contribution in [0.5, 0.6) is 0 Å². The number of fused-ring (bicyclic) bond motifs is 3. The summed E-state index contributed by atoms with van der Waals surface area (Å²) in [6.07, 6.45) is 2.24. The van der Waals surface area contributed by atoms with E-state index in [1.54, 1.807) is 19.2 Å². The monoisotopic (exact) mass is 571 g/mol. The molecule has 12 heteroatoms. The third-order valence-corrected chi connectivity index (χ3v) is 8.15. The highest BCUT2D eigenvalue weighted by molar-refractivity contribution is 6.16. The lowest BCUT2D eigenvalue weighted by Crippen LogP contribution is -2.41. The Morgan fingerprint density at radius 3 is 2.57 bits per heavy atom. The molecule has 0 bridgehead atoms. The van der Waals surface area contributed by atoms with Crippen LogP contribution in [0.25, 0.3) is 22.5 Å². The van der Waals surface area contributed by atoms with Crippen molar-refractivity contribution in [3.8, 4) is 22.5 Å². The highest BCUT2D eigenvalue weighted by atomic mass is 19.1. The van der Waals surface area contributed by atoms with E-state index in [1.165, 1.54) is 30.3 Å². The van der Waals surface area contributed by atoms with Gasteiger partial charge in [-0.15, -0.1) is 0 Å². The van der Waals surface area contributed by atoms with E-state index in [0.29, 0.717) is 48.9 Å². The lowest BCUT2D eigenvalue weighted by Gasteiger charge is -2.28. The van der Waals surface area contributed by atoms with Crippen molar-refractivity contribution >= 4 is 29.0 Å². The van der Waals surface area contributed by atoms with Crippen LogP contribution in [-0.2, 0) is 20.9 Å². The molecule has 1 saturated carbocycles. The number of halogens is 2. The number of nitrogens with two attached hydrogens (primary N) is 1. The number of nitrogens with zero attached hydrogens (tertiary/aromatic N) is 5. The lowest BCUT2D eigenvalue weighted by atomic mass is 9.96. The molecule has 2 aromatic rings. The molecule has 5 aliphatic rings. The number of anilines is 3. The van der Waals surface area contributed by atoms with Gasteiger partial charge in [0.05, 0.1) is 18.9 Å². The number of aromatic nitrogens is 3. The molecule has 4 aliphatic heterocycles. The molecule has 4 heterocycles. The van der Waals surface area contributed by atoms with Gasteiger partial charge in [0.1, 0.15) is 34.7 Å². The Bertz CT molecular complexity index is 1800. The Hall–Kier alpha value is -4.71. The summed E-state index contributed by atoms with van der Waals surface area (Å²) in [6.45, 7) is 4.20. The first-order valence-electron chi connectivity index (χ1n) is 13.7. The summed E-state index contributed by atoms with van der Waals surface area (Å²) in [5.74, 6) is -1.09. The van der Waals surface area contributed by atoms with Crippen molar-refractivity contribution in [2.24, 2.45) is 16.1 Å². The molecule has 1 saturated heterocycles. The minimum Gasteiger partial charge on any atom is -0.377 e.